The number of carbonyl (C=O) groups is 1. The Morgan fingerprint density at radius 3 is 2.54 bits per heavy atom. The number of nitrogens with zero attached hydrogens (tertiary/aromatic N) is 1. The van der Waals surface area contributed by atoms with Crippen molar-refractivity contribution in [2.75, 3.05) is 23.3 Å². The molecule has 0 radical (unpaired) electrons. The van der Waals surface area contributed by atoms with Crippen molar-refractivity contribution >= 4 is 38.9 Å². The minimum Gasteiger partial charge on any atom is -0.495 e. The van der Waals surface area contributed by atoms with E-state index in [1.54, 1.807) is 49.1 Å². The van der Waals surface area contributed by atoms with E-state index in [0.717, 1.165) is 12.8 Å². The third-order valence-electron chi connectivity index (χ3n) is 4.79. The van der Waals surface area contributed by atoms with Crippen LogP contribution in [0.5, 0.6) is 5.75 Å². The predicted molar refractivity (Wildman–Crippen MR) is 111 cm³/mol. The molecular weight excluding hydrogens is 400 g/mol. The van der Waals surface area contributed by atoms with Crippen LogP contribution in [0.2, 0.25) is 5.02 Å². The highest BCUT2D eigenvalue weighted by Crippen LogP contribution is 2.34. The summed E-state index contributed by atoms with van der Waals surface area (Å²) >= 11 is 6.08. The molecule has 1 N–H and O–H groups in total. The van der Waals surface area contributed by atoms with Crippen molar-refractivity contribution in [3.05, 3.63) is 46.5 Å². The van der Waals surface area contributed by atoms with Crippen LogP contribution >= 0.6 is 11.6 Å². The molecule has 1 fully saturated rings. The number of piperidine rings is 1. The number of halogens is 1. The summed E-state index contributed by atoms with van der Waals surface area (Å²) in [5, 5.41) is 0.520. The molecule has 0 atom stereocenters. The van der Waals surface area contributed by atoms with Crippen LogP contribution in [-0.2, 0) is 14.8 Å². The van der Waals surface area contributed by atoms with Crippen LogP contribution in [0, 0.1) is 13.8 Å². The topological polar surface area (TPSA) is 75.7 Å². The fourth-order valence-corrected chi connectivity index (χ4v) is 4.86. The highest BCUT2D eigenvalue weighted by atomic mass is 35.5. The molecule has 2 aromatic rings. The van der Waals surface area contributed by atoms with Crippen LogP contribution in [0.1, 0.15) is 30.4 Å². The second kappa shape index (κ2) is 8.01. The highest BCUT2D eigenvalue weighted by molar-refractivity contribution is 7.92. The smallest absolute Gasteiger partial charge is 0.262 e. The van der Waals surface area contributed by atoms with Crippen molar-refractivity contribution in [2.45, 2.75) is 38.0 Å². The summed E-state index contributed by atoms with van der Waals surface area (Å²) in [6, 6.07) is 8.11. The van der Waals surface area contributed by atoms with E-state index in [1.165, 1.54) is 7.11 Å². The molecule has 1 saturated heterocycles. The summed E-state index contributed by atoms with van der Waals surface area (Å²) in [4.78, 5) is 14.1. The van der Waals surface area contributed by atoms with Crippen molar-refractivity contribution in [3.63, 3.8) is 0 Å². The Morgan fingerprint density at radius 2 is 1.86 bits per heavy atom. The Labute approximate surface area is 170 Å². The van der Waals surface area contributed by atoms with Gasteiger partial charge in [-0.3, -0.25) is 9.52 Å². The van der Waals surface area contributed by atoms with E-state index in [4.69, 9.17) is 16.3 Å². The van der Waals surface area contributed by atoms with Gasteiger partial charge in [0.2, 0.25) is 5.91 Å². The van der Waals surface area contributed by atoms with Gasteiger partial charge in [0.05, 0.1) is 23.4 Å². The van der Waals surface area contributed by atoms with E-state index < -0.39 is 10.0 Å². The molecule has 0 aromatic heterocycles. The number of ether oxygens (including phenoxy) is 1. The first-order valence-electron chi connectivity index (χ1n) is 9.01. The SMILES string of the molecule is COc1ccc(NS(=O)(=O)c2cc(C)c(Cl)cc2C)cc1N1CCCCC1=O. The van der Waals surface area contributed by atoms with Crippen molar-refractivity contribution in [1.82, 2.24) is 0 Å². The number of hydrogen-bond donors (Lipinski definition) is 1. The van der Waals surface area contributed by atoms with Crippen molar-refractivity contribution in [2.24, 2.45) is 0 Å². The Hall–Kier alpha value is -2.25. The third kappa shape index (κ3) is 4.10. The molecule has 1 heterocycles. The normalized spacial score (nSPS) is 14.9. The first-order valence-corrected chi connectivity index (χ1v) is 10.9. The maximum absolute atomic E-state index is 12.9. The third-order valence-corrected chi connectivity index (χ3v) is 6.72. The number of sulfonamides is 1. The van der Waals surface area contributed by atoms with Gasteiger partial charge in [0.25, 0.3) is 10.0 Å². The number of anilines is 2. The van der Waals surface area contributed by atoms with E-state index in [0.29, 0.717) is 46.2 Å². The lowest BCUT2D eigenvalue weighted by atomic mass is 10.1. The molecule has 28 heavy (non-hydrogen) atoms. The van der Waals surface area contributed by atoms with Gasteiger partial charge in [0.1, 0.15) is 5.75 Å². The summed E-state index contributed by atoms with van der Waals surface area (Å²) in [7, 11) is -2.29. The van der Waals surface area contributed by atoms with Crippen LogP contribution in [0.4, 0.5) is 11.4 Å². The van der Waals surface area contributed by atoms with E-state index >= 15 is 0 Å². The summed E-state index contributed by atoms with van der Waals surface area (Å²) in [5.41, 5.74) is 2.17. The monoisotopic (exact) mass is 422 g/mol. The van der Waals surface area contributed by atoms with Gasteiger partial charge in [0, 0.05) is 18.0 Å². The molecule has 0 unspecified atom stereocenters. The first kappa shape index (κ1) is 20.5. The van der Waals surface area contributed by atoms with E-state index in [9.17, 15) is 13.2 Å². The van der Waals surface area contributed by atoms with Gasteiger partial charge >= 0.3 is 0 Å². The number of aryl methyl sites for hydroxylation is 2. The van der Waals surface area contributed by atoms with Gasteiger partial charge in [-0.05, 0) is 68.1 Å². The van der Waals surface area contributed by atoms with Gasteiger partial charge in [-0.25, -0.2) is 8.42 Å². The van der Waals surface area contributed by atoms with Crippen LogP contribution < -0.4 is 14.4 Å². The van der Waals surface area contributed by atoms with Gasteiger partial charge in [-0.2, -0.15) is 0 Å². The highest BCUT2D eigenvalue weighted by Gasteiger charge is 2.24. The number of methoxy groups -OCH3 is 1. The molecule has 1 aliphatic rings. The van der Waals surface area contributed by atoms with Crippen LogP contribution in [0.15, 0.2) is 35.2 Å². The van der Waals surface area contributed by atoms with Gasteiger partial charge in [-0.1, -0.05) is 11.6 Å². The second-order valence-electron chi connectivity index (χ2n) is 6.86. The average molecular weight is 423 g/mol. The van der Waals surface area contributed by atoms with Gasteiger partial charge in [-0.15, -0.1) is 0 Å². The van der Waals surface area contributed by atoms with Crippen molar-refractivity contribution in [3.8, 4) is 5.75 Å². The first-order chi connectivity index (χ1) is 13.2. The largest absolute Gasteiger partial charge is 0.495 e. The summed E-state index contributed by atoms with van der Waals surface area (Å²) in [5.74, 6) is 0.533. The lowest BCUT2D eigenvalue weighted by Crippen LogP contribution is -2.35. The van der Waals surface area contributed by atoms with E-state index in [1.807, 2.05) is 0 Å². The van der Waals surface area contributed by atoms with E-state index in [-0.39, 0.29) is 10.8 Å². The Bertz CT molecular complexity index is 1020. The Kier molecular flexibility index (Phi) is 5.86. The van der Waals surface area contributed by atoms with Gasteiger partial charge in [0.15, 0.2) is 0 Å². The van der Waals surface area contributed by atoms with Crippen LogP contribution in [-0.4, -0.2) is 28.0 Å². The Morgan fingerprint density at radius 1 is 1.11 bits per heavy atom. The number of benzene rings is 2. The lowest BCUT2D eigenvalue weighted by molar-refractivity contribution is -0.119. The number of nitrogens with one attached hydrogen (secondary N) is 1. The molecular formula is C20H23ClN2O4S. The molecule has 0 saturated carbocycles. The minimum atomic E-state index is -3.82. The quantitative estimate of drug-likeness (QED) is 0.780. The molecule has 0 bridgehead atoms. The number of hydrogen-bond acceptors (Lipinski definition) is 4. The zero-order chi connectivity index (χ0) is 20.5. The zero-order valence-electron chi connectivity index (χ0n) is 16.1. The fourth-order valence-electron chi connectivity index (χ4n) is 3.28. The molecule has 3 rings (SSSR count). The molecule has 0 aliphatic carbocycles. The maximum Gasteiger partial charge on any atom is 0.262 e. The number of carbonyl (C=O) groups excluding carboxylic acids is 1. The maximum atomic E-state index is 12.9. The van der Waals surface area contributed by atoms with Crippen molar-refractivity contribution < 1.29 is 17.9 Å². The molecule has 1 aliphatic heterocycles. The van der Waals surface area contributed by atoms with Crippen LogP contribution in [0.25, 0.3) is 0 Å². The minimum absolute atomic E-state index is 0.00808. The summed E-state index contributed by atoms with van der Waals surface area (Å²) in [6.45, 7) is 4.04. The van der Waals surface area contributed by atoms with E-state index in [2.05, 4.69) is 4.72 Å². The molecule has 6 nitrogen and oxygen atoms in total. The molecule has 2 aromatic carbocycles. The lowest BCUT2D eigenvalue weighted by Gasteiger charge is -2.28. The molecule has 1 amide bonds. The average Bonchev–Trinajstić information content (AvgIpc) is 2.64. The second-order valence-corrected chi connectivity index (χ2v) is 8.92. The zero-order valence-corrected chi connectivity index (χ0v) is 17.7. The Balaban J connectivity index is 1.97. The number of rotatable bonds is 5. The van der Waals surface area contributed by atoms with Gasteiger partial charge < -0.3 is 9.64 Å². The van der Waals surface area contributed by atoms with Crippen LogP contribution in [0.3, 0.4) is 0 Å². The van der Waals surface area contributed by atoms with Crippen molar-refractivity contribution in [1.29, 1.82) is 0 Å². The molecule has 8 heteroatoms. The summed E-state index contributed by atoms with van der Waals surface area (Å²) < 4.78 is 33.8. The number of amides is 1. The predicted octanol–water partition coefficient (Wildman–Crippen LogP) is 4.28. The fraction of sp³-hybridized carbons (Fsp3) is 0.350. The molecule has 150 valence electrons. The standard InChI is InChI=1S/C20H23ClN2O4S/c1-13-11-19(14(2)10-16(13)21)28(25,26)22-15-7-8-18(27-3)17(12-15)23-9-5-4-6-20(23)24/h7-8,10-12,22H,4-6,9H2,1-3H3. The molecule has 0 spiro atoms. The summed E-state index contributed by atoms with van der Waals surface area (Å²) in [6.07, 6.45) is 2.23.